The van der Waals surface area contributed by atoms with Gasteiger partial charge >= 0.3 is 0 Å². The number of carbonyl (C=O) groups is 1. The molecule has 4 heterocycles. The highest BCUT2D eigenvalue weighted by atomic mass is 35.5. The molecule has 0 saturated carbocycles. The van der Waals surface area contributed by atoms with E-state index < -0.39 is 6.61 Å². The predicted octanol–water partition coefficient (Wildman–Crippen LogP) is 3.54. The summed E-state index contributed by atoms with van der Waals surface area (Å²) in [4.78, 5) is 22.0. The SMILES string of the molecule is CC(Oc1ccc2[nH]nc(-c3cnn(C4CN(C(=O)CO)C4)c3)c2c1)c1cc(Cl)cc2nccnc12. The lowest BCUT2D eigenvalue weighted by Gasteiger charge is -2.38. The predicted molar refractivity (Wildman–Crippen MR) is 134 cm³/mol. The Bertz CT molecular complexity index is 1590. The highest BCUT2D eigenvalue weighted by molar-refractivity contribution is 6.31. The van der Waals surface area contributed by atoms with Gasteiger partial charge in [-0.3, -0.25) is 24.5 Å². The number of carbonyl (C=O) groups excluding carboxylic acids is 1. The molecule has 6 rings (SSSR count). The Kier molecular flexibility index (Phi) is 5.54. The minimum Gasteiger partial charge on any atom is -0.486 e. The van der Waals surface area contributed by atoms with E-state index in [0.29, 0.717) is 23.9 Å². The largest absolute Gasteiger partial charge is 0.486 e. The van der Waals surface area contributed by atoms with Crippen LogP contribution in [0.2, 0.25) is 5.02 Å². The van der Waals surface area contributed by atoms with Crippen molar-refractivity contribution in [2.45, 2.75) is 19.1 Å². The number of benzene rings is 2. The summed E-state index contributed by atoms with van der Waals surface area (Å²) in [7, 11) is 0. The molecule has 0 aliphatic carbocycles. The van der Waals surface area contributed by atoms with Crippen molar-refractivity contribution < 1.29 is 14.6 Å². The zero-order chi connectivity index (χ0) is 24.8. The molecule has 182 valence electrons. The summed E-state index contributed by atoms with van der Waals surface area (Å²) in [6.45, 7) is 2.54. The lowest BCUT2D eigenvalue weighted by atomic mass is 10.1. The van der Waals surface area contributed by atoms with Crippen molar-refractivity contribution >= 4 is 39.4 Å². The first-order valence-corrected chi connectivity index (χ1v) is 11.9. The lowest BCUT2D eigenvalue weighted by molar-refractivity contribution is -0.140. The molecule has 1 saturated heterocycles. The summed E-state index contributed by atoms with van der Waals surface area (Å²) in [5.41, 5.74) is 4.82. The molecule has 1 fully saturated rings. The Hall–Kier alpha value is -4.02. The van der Waals surface area contributed by atoms with Crippen LogP contribution in [0, 0.1) is 0 Å². The van der Waals surface area contributed by atoms with Crippen LogP contribution in [0.3, 0.4) is 0 Å². The van der Waals surface area contributed by atoms with Gasteiger partial charge in [0.1, 0.15) is 24.2 Å². The number of aromatic nitrogens is 6. The van der Waals surface area contributed by atoms with Crippen molar-refractivity contribution in [1.29, 1.82) is 0 Å². The number of hydrogen-bond donors (Lipinski definition) is 2. The molecular formula is C25H22ClN7O3. The minimum atomic E-state index is -0.472. The number of aromatic amines is 1. The fourth-order valence-corrected chi connectivity index (χ4v) is 4.74. The molecule has 0 radical (unpaired) electrons. The molecule has 10 nitrogen and oxygen atoms in total. The van der Waals surface area contributed by atoms with Crippen LogP contribution in [0.5, 0.6) is 5.75 Å². The van der Waals surface area contributed by atoms with Gasteiger partial charge in [0, 0.05) is 53.2 Å². The maximum Gasteiger partial charge on any atom is 0.248 e. The smallest absolute Gasteiger partial charge is 0.248 e. The molecule has 1 aliphatic heterocycles. The molecule has 5 aromatic rings. The third-order valence-corrected chi connectivity index (χ3v) is 6.67. The van der Waals surface area contributed by atoms with E-state index in [0.717, 1.165) is 38.8 Å². The Morgan fingerprint density at radius 3 is 2.92 bits per heavy atom. The molecule has 0 bridgehead atoms. The average molecular weight is 504 g/mol. The number of halogens is 1. The van der Waals surface area contributed by atoms with E-state index in [1.165, 1.54) is 0 Å². The maximum absolute atomic E-state index is 11.6. The molecule has 11 heteroatoms. The number of ether oxygens (including phenoxy) is 1. The first-order chi connectivity index (χ1) is 17.5. The minimum absolute atomic E-state index is 0.0785. The van der Waals surface area contributed by atoms with Crippen molar-refractivity contribution in [2.75, 3.05) is 19.7 Å². The molecule has 2 N–H and O–H groups in total. The second kappa shape index (κ2) is 8.89. The van der Waals surface area contributed by atoms with Gasteiger partial charge in [-0.2, -0.15) is 10.2 Å². The van der Waals surface area contributed by atoms with Crippen LogP contribution >= 0.6 is 11.6 Å². The number of fused-ring (bicyclic) bond motifs is 2. The second-order valence-corrected chi connectivity index (χ2v) is 9.21. The quantitative estimate of drug-likeness (QED) is 0.363. The Morgan fingerprint density at radius 1 is 1.25 bits per heavy atom. The topological polar surface area (TPSA) is 122 Å². The summed E-state index contributed by atoms with van der Waals surface area (Å²) in [5.74, 6) is 0.413. The first-order valence-electron chi connectivity index (χ1n) is 11.5. The van der Waals surface area contributed by atoms with Crippen molar-refractivity contribution in [3.63, 3.8) is 0 Å². The molecule has 1 unspecified atom stereocenters. The van der Waals surface area contributed by atoms with Gasteiger partial charge in [-0.05, 0) is 37.3 Å². The number of nitrogens with zero attached hydrogens (tertiary/aromatic N) is 6. The molecule has 3 aromatic heterocycles. The van der Waals surface area contributed by atoms with E-state index in [1.54, 1.807) is 29.6 Å². The van der Waals surface area contributed by atoms with Gasteiger partial charge in [-0.1, -0.05) is 11.6 Å². The van der Waals surface area contributed by atoms with E-state index in [1.807, 2.05) is 42.1 Å². The van der Waals surface area contributed by atoms with Gasteiger partial charge in [0.05, 0.1) is 28.8 Å². The van der Waals surface area contributed by atoms with E-state index in [2.05, 4.69) is 25.3 Å². The van der Waals surface area contributed by atoms with Gasteiger partial charge in [0.2, 0.25) is 5.91 Å². The number of rotatable bonds is 6. The summed E-state index contributed by atoms with van der Waals surface area (Å²) in [5, 5.41) is 22.5. The number of aliphatic hydroxyl groups is 1. The van der Waals surface area contributed by atoms with Crippen LogP contribution in [-0.2, 0) is 4.79 Å². The second-order valence-electron chi connectivity index (χ2n) is 8.78. The third kappa shape index (κ3) is 3.94. The van der Waals surface area contributed by atoms with Crippen molar-refractivity contribution in [3.8, 4) is 17.0 Å². The van der Waals surface area contributed by atoms with Crippen LogP contribution in [0.4, 0.5) is 0 Å². The van der Waals surface area contributed by atoms with Crippen LogP contribution in [0.25, 0.3) is 33.2 Å². The van der Waals surface area contributed by atoms with E-state index in [4.69, 9.17) is 21.4 Å². The fourth-order valence-electron chi connectivity index (χ4n) is 4.52. The summed E-state index contributed by atoms with van der Waals surface area (Å²) < 4.78 is 8.14. The lowest BCUT2D eigenvalue weighted by Crippen LogP contribution is -2.51. The molecule has 0 spiro atoms. The number of H-pyrrole nitrogens is 1. The number of hydrogen-bond acceptors (Lipinski definition) is 7. The fraction of sp³-hybridized carbons (Fsp3) is 0.240. The van der Waals surface area contributed by atoms with Gasteiger partial charge in [-0.25, -0.2) is 0 Å². The highest BCUT2D eigenvalue weighted by Crippen LogP contribution is 2.33. The van der Waals surface area contributed by atoms with Crippen molar-refractivity contribution in [1.82, 2.24) is 34.8 Å². The van der Waals surface area contributed by atoms with Crippen LogP contribution < -0.4 is 4.74 Å². The number of nitrogens with one attached hydrogen (secondary N) is 1. The van der Waals surface area contributed by atoms with Crippen molar-refractivity contribution in [3.05, 3.63) is 65.7 Å². The first kappa shape index (κ1) is 22.4. The molecule has 36 heavy (non-hydrogen) atoms. The average Bonchev–Trinajstić information content (AvgIpc) is 3.49. The zero-order valence-corrected chi connectivity index (χ0v) is 20.1. The van der Waals surface area contributed by atoms with Crippen LogP contribution in [-0.4, -0.2) is 65.6 Å². The van der Waals surface area contributed by atoms with E-state index >= 15 is 0 Å². The molecule has 1 aliphatic rings. The summed E-state index contributed by atoms with van der Waals surface area (Å²) in [6.07, 6.45) is 6.66. The summed E-state index contributed by atoms with van der Waals surface area (Å²) >= 11 is 6.32. The summed E-state index contributed by atoms with van der Waals surface area (Å²) in [6, 6.07) is 9.49. The van der Waals surface area contributed by atoms with E-state index in [-0.39, 0.29) is 18.1 Å². The number of amides is 1. The Morgan fingerprint density at radius 2 is 2.08 bits per heavy atom. The van der Waals surface area contributed by atoms with Crippen LogP contribution in [0.1, 0.15) is 24.6 Å². The normalized spacial score (nSPS) is 14.8. The molecule has 1 amide bonds. The number of likely N-dealkylation sites (tertiary alicyclic amines) is 1. The maximum atomic E-state index is 11.6. The van der Waals surface area contributed by atoms with Crippen molar-refractivity contribution in [2.24, 2.45) is 0 Å². The van der Waals surface area contributed by atoms with Crippen LogP contribution in [0.15, 0.2) is 55.1 Å². The molecule has 2 aromatic carbocycles. The standard InChI is InChI=1S/C25H22ClN7O3/c1-14(19-6-16(26)7-22-25(19)28-5-4-27-22)36-18-2-3-21-20(8-18)24(31-30-21)15-9-29-33(10-15)17-11-32(12-17)23(35)13-34/h2-10,14,17,34H,11-13H2,1H3,(H,30,31). The van der Waals surface area contributed by atoms with Gasteiger partial charge in [-0.15, -0.1) is 0 Å². The third-order valence-electron chi connectivity index (χ3n) is 6.45. The van der Waals surface area contributed by atoms with E-state index in [9.17, 15) is 4.79 Å². The molecule has 1 atom stereocenters. The highest BCUT2D eigenvalue weighted by Gasteiger charge is 2.32. The van der Waals surface area contributed by atoms with Gasteiger partial charge in [0.15, 0.2) is 0 Å². The monoisotopic (exact) mass is 503 g/mol. The molecular weight excluding hydrogens is 482 g/mol. The van der Waals surface area contributed by atoms with Gasteiger partial charge in [0.25, 0.3) is 0 Å². The Balaban J connectivity index is 1.25. The zero-order valence-electron chi connectivity index (χ0n) is 19.3. The number of aliphatic hydroxyl groups excluding tert-OH is 1. The van der Waals surface area contributed by atoms with Gasteiger partial charge < -0.3 is 14.7 Å². The Labute approximate surface area is 210 Å².